The van der Waals surface area contributed by atoms with Crippen LogP contribution < -0.4 is 5.32 Å². The largest absolute Gasteiger partial charge is 0.322 e. The Morgan fingerprint density at radius 1 is 1.19 bits per heavy atom. The first kappa shape index (κ1) is 14.2. The van der Waals surface area contributed by atoms with Gasteiger partial charge < -0.3 is 10.2 Å². The number of anilines is 1. The number of hydrogen-bond acceptors (Lipinski definition) is 1. The molecule has 0 radical (unpaired) electrons. The van der Waals surface area contributed by atoms with Crippen molar-refractivity contribution in [1.29, 1.82) is 0 Å². The highest BCUT2D eigenvalue weighted by Crippen LogP contribution is 2.38. The Bertz CT molecular complexity index is 575. The van der Waals surface area contributed by atoms with Crippen molar-refractivity contribution in [3.05, 3.63) is 41.0 Å². The van der Waals surface area contributed by atoms with Crippen LogP contribution >= 0.6 is 0 Å². The van der Waals surface area contributed by atoms with Gasteiger partial charge in [-0.15, -0.1) is 0 Å². The van der Waals surface area contributed by atoms with Crippen LogP contribution in [-0.4, -0.2) is 23.0 Å². The van der Waals surface area contributed by atoms with Gasteiger partial charge in [0, 0.05) is 17.8 Å². The highest BCUT2D eigenvalue weighted by Gasteiger charge is 2.41. The first-order chi connectivity index (χ1) is 10.1. The second kappa shape index (κ2) is 5.55. The zero-order valence-corrected chi connectivity index (χ0v) is 13.1. The number of piperidine rings is 1. The molecule has 2 unspecified atom stereocenters. The number of amides is 2. The Morgan fingerprint density at radius 2 is 1.86 bits per heavy atom. The van der Waals surface area contributed by atoms with Gasteiger partial charge in [0.05, 0.1) is 0 Å². The van der Waals surface area contributed by atoms with Crippen LogP contribution in [0.5, 0.6) is 0 Å². The van der Waals surface area contributed by atoms with E-state index < -0.39 is 0 Å². The van der Waals surface area contributed by atoms with Crippen molar-refractivity contribution in [1.82, 2.24) is 4.90 Å². The van der Waals surface area contributed by atoms with Crippen LogP contribution in [0.1, 0.15) is 43.7 Å². The molecule has 112 valence electrons. The van der Waals surface area contributed by atoms with E-state index in [1.807, 2.05) is 6.07 Å². The molecule has 0 saturated carbocycles. The van der Waals surface area contributed by atoms with Crippen molar-refractivity contribution < 1.29 is 4.79 Å². The summed E-state index contributed by atoms with van der Waals surface area (Å²) in [5.41, 5.74) is 4.88. The second-order valence-corrected chi connectivity index (χ2v) is 6.38. The highest BCUT2D eigenvalue weighted by molar-refractivity contribution is 5.90. The average molecular weight is 284 g/mol. The van der Waals surface area contributed by atoms with E-state index in [1.165, 1.54) is 16.7 Å². The summed E-state index contributed by atoms with van der Waals surface area (Å²) in [6, 6.07) is 6.96. The molecule has 3 nitrogen and oxygen atoms in total. The Morgan fingerprint density at radius 3 is 2.43 bits per heavy atom. The van der Waals surface area contributed by atoms with E-state index in [4.69, 9.17) is 0 Å². The van der Waals surface area contributed by atoms with Gasteiger partial charge in [0.15, 0.2) is 0 Å². The molecule has 0 spiro atoms. The number of hydrogen-bond donors (Lipinski definition) is 1. The van der Waals surface area contributed by atoms with E-state index in [9.17, 15) is 4.79 Å². The summed E-state index contributed by atoms with van der Waals surface area (Å²) in [6.07, 6.45) is 6.61. The minimum Gasteiger partial charge on any atom is -0.318 e. The Kier molecular flexibility index (Phi) is 3.75. The van der Waals surface area contributed by atoms with E-state index in [0.29, 0.717) is 12.1 Å². The molecule has 1 aromatic carbocycles. The van der Waals surface area contributed by atoms with Crippen LogP contribution in [0, 0.1) is 13.8 Å². The van der Waals surface area contributed by atoms with Crippen LogP contribution in [0.15, 0.2) is 29.8 Å². The third-order valence-electron chi connectivity index (χ3n) is 5.02. The lowest BCUT2D eigenvalue weighted by atomic mass is 9.97. The number of rotatable bonds is 1. The number of aryl methyl sites for hydroxylation is 2. The van der Waals surface area contributed by atoms with Gasteiger partial charge in [-0.3, -0.25) is 0 Å². The Labute approximate surface area is 127 Å². The predicted octanol–water partition coefficient (Wildman–Crippen LogP) is 4.41. The molecule has 2 fully saturated rings. The van der Waals surface area contributed by atoms with Gasteiger partial charge in [-0.05, 0) is 69.7 Å². The van der Waals surface area contributed by atoms with Crippen LogP contribution in [0.4, 0.5) is 10.5 Å². The molecule has 21 heavy (non-hydrogen) atoms. The molecule has 2 aliphatic heterocycles. The van der Waals surface area contributed by atoms with Gasteiger partial charge in [0.25, 0.3) is 0 Å². The topological polar surface area (TPSA) is 32.3 Å². The number of allylic oxidation sites excluding steroid dienone is 1. The molecule has 1 N–H and O–H groups in total. The quantitative estimate of drug-likeness (QED) is 0.761. The van der Waals surface area contributed by atoms with Crippen LogP contribution in [0.3, 0.4) is 0 Å². The lowest BCUT2D eigenvalue weighted by molar-refractivity contribution is 0.174. The number of nitrogens with zero attached hydrogens (tertiary/aromatic N) is 1. The molecule has 3 heteroatoms. The zero-order chi connectivity index (χ0) is 15.0. The lowest BCUT2D eigenvalue weighted by Crippen LogP contribution is -2.46. The van der Waals surface area contributed by atoms with Crippen molar-refractivity contribution in [3.63, 3.8) is 0 Å². The van der Waals surface area contributed by atoms with Gasteiger partial charge in [-0.25, -0.2) is 4.79 Å². The third kappa shape index (κ3) is 2.69. The molecule has 1 aromatic rings. The van der Waals surface area contributed by atoms with E-state index in [0.717, 1.165) is 31.4 Å². The number of benzene rings is 1. The summed E-state index contributed by atoms with van der Waals surface area (Å²) >= 11 is 0. The summed E-state index contributed by atoms with van der Waals surface area (Å²) in [5, 5.41) is 3.08. The molecule has 0 aliphatic carbocycles. The summed E-state index contributed by atoms with van der Waals surface area (Å²) in [7, 11) is 0. The van der Waals surface area contributed by atoms with Gasteiger partial charge in [-0.1, -0.05) is 17.7 Å². The van der Waals surface area contributed by atoms with Gasteiger partial charge in [-0.2, -0.15) is 0 Å². The number of fused-ring (bicyclic) bond motifs is 2. The molecule has 3 rings (SSSR count). The number of carbonyl (C=O) groups is 1. The van der Waals surface area contributed by atoms with Crippen molar-refractivity contribution >= 4 is 11.7 Å². The van der Waals surface area contributed by atoms with Crippen molar-refractivity contribution in [2.45, 2.75) is 58.5 Å². The summed E-state index contributed by atoms with van der Waals surface area (Å²) in [6.45, 7) is 6.28. The molecule has 2 aliphatic rings. The SMILES string of the molecule is CC=C1CC2CCC(C1)N2C(=O)Nc1ccc(C)c(C)c1. The predicted molar refractivity (Wildman–Crippen MR) is 86.6 cm³/mol. The number of carbonyl (C=O) groups excluding carboxylic acids is 1. The van der Waals surface area contributed by atoms with Gasteiger partial charge in [0.2, 0.25) is 0 Å². The maximum absolute atomic E-state index is 12.6. The minimum atomic E-state index is 0.0703. The summed E-state index contributed by atoms with van der Waals surface area (Å²) in [4.78, 5) is 14.7. The first-order valence-corrected chi connectivity index (χ1v) is 7.89. The van der Waals surface area contributed by atoms with Crippen molar-refractivity contribution in [2.24, 2.45) is 0 Å². The highest BCUT2D eigenvalue weighted by atomic mass is 16.2. The van der Waals surface area contributed by atoms with E-state index in [2.05, 4.69) is 49.2 Å². The van der Waals surface area contributed by atoms with E-state index in [1.54, 1.807) is 0 Å². The molecule has 2 heterocycles. The third-order valence-corrected chi connectivity index (χ3v) is 5.02. The van der Waals surface area contributed by atoms with E-state index in [-0.39, 0.29) is 6.03 Å². The maximum Gasteiger partial charge on any atom is 0.322 e. The average Bonchev–Trinajstić information content (AvgIpc) is 2.73. The van der Waals surface area contributed by atoms with Crippen LogP contribution in [0.2, 0.25) is 0 Å². The standard InChI is InChI=1S/C18H24N2O/c1-4-14-10-16-7-8-17(11-14)20(16)18(21)19-15-6-5-12(2)13(3)9-15/h4-6,9,16-17H,7-8,10-11H2,1-3H3,(H,19,21). The fourth-order valence-corrected chi connectivity index (χ4v) is 3.63. The fraction of sp³-hybridized carbons (Fsp3) is 0.500. The minimum absolute atomic E-state index is 0.0703. The fourth-order valence-electron chi connectivity index (χ4n) is 3.63. The molecule has 2 bridgehead atoms. The summed E-state index contributed by atoms with van der Waals surface area (Å²) < 4.78 is 0. The molecular weight excluding hydrogens is 260 g/mol. The van der Waals surface area contributed by atoms with Crippen molar-refractivity contribution in [3.8, 4) is 0 Å². The zero-order valence-electron chi connectivity index (χ0n) is 13.1. The number of nitrogens with one attached hydrogen (secondary N) is 1. The Hall–Kier alpha value is -1.77. The summed E-state index contributed by atoms with van der Waals surface area (Å²) in [5.74, 6) is 0. The number of urea groups is 1. The molecule has 0 aromatic heterocycles. The van der Waals surface area contributed by atoms with Crippen LogP contribution in [0.25, 0.3) is 0 Å². The normalized spacial score (nSPS) is 24.1. The molecular formula is C18H24N2O. The van der Waals surface area contributed by atoms with Gasteiger partial charge in [0.1, 0.15) is 0 Å². The Balaban J connectivity index is 1.73. The molecule has 2 atom stereocenters. The second-order valence-electron chi connectivity index (χ2n) is 6.38. The van der Waals surface area contributed by atoms with Crippen molar-refractivity contribution in [2.75, 3.05) is 5.32 Å². The first-order valence-electron chi connectivity index (χ1n) is 7.89. The monoisotopic (exact) mass is 284 g/mol. The smallest absolute Gasteiger partial charge is 0.318 e. The van der Waals surface area contributed by atoms with E-state index >= 15 is 0 Å². The van der Waals surface area contributed by atoms with Crippen LogP contribution in [-0.2, 0) is 0 Å². The lowest BCUT2D eigenvalue weighted by Gasteiger charge is -2.36. The molecule has 2 saturated heterocycles. The maximum atomic E-state index is 12.6. The van der Waals surface area contributed by atoms with Gasteiger partial charge >= 0.3 is 6.03 Å². The molecule has 2 amide bonds.